The van der Waals surface area contributed by atoms with E-state index in [0.29, 0.717) is 12.2 Å². The second kappa shape index (κ2) is 10.7. The van der Waals surface area contributed by atoms with Gasteiger partial charge in [0.1, 0.15) is 18.1 Å². The summed E-state index contributed by atoms with van der Waals surface area (Å²) in [6.07, 6.45) is 5.47. The fourth-order valence-corrected chi connectivity index (χ4v) is 3.24. The molecule has 0 N–H and O–H groups in total. The van der Waals surface area contributed by atoms with Crippen molar-refractivity contribution >= 4 is 17.5 Å². The van der Waals surface area contributed by atoms with Crippen LogP contribution in [0.2, 0.25) is 0 Å². The van der Waals surface area contributed by atoms with Gasteiger partial charge in [-0.3, -0.25) is 14.9 Å². The number of rotatable bonds is 10. The maximum absolute atomic E-state index is 12.5. The van der Waals surface area contributed by atoms with Crippen molar-refractivity contribution in [3.8, 4) is 11.5 Å². The predicted octanol–water partition coefficient (Wildman–Crippen LogP) is 5.81. The molecule has 0 saturated heterocycles. The van der Waals surface area contributed by atoms with Crippen LogP contribution in [0.25, 0.3) is 6.08 Å². The van der Waals surface area contributed by atoms with Crippen LogP contribution in [0.4, 0.5) is 5.69 Å². The van der Waals surface area contributed by atoms with E-state index in [0.717, 1.165) is 22.4 Å². The lowest BCUT2D eigenvalue weighted by molar-refractivity contribution is -0.385. The first-order chi connectivity index (χ1) is 15.5. The molecule has 0 fully saturated rings. The zero-order valence-corrected chi connectivity index (χ0v) is 17.7. The molecule has 0 aliphatic heterocycles. The minimum atomic E-state index is -0.561. The molecule has 3 aromatic rings. The van der Waals surface area contributed by atoms with E-state index in [1.165, 1.54) is 24.3 Å². The van der Waals surface area contributed by atoms with Gasteiger partial charge < -0.3 is 9.47 Å². The number of nitro benzene ring substituents is 1. The molecule has 0 radical (unpaired) electrons. The first-order valence-electron chi connectivity index (χ1n) is 9.98. The zero-order valence-electron chi connectivity index (χ0n) is 17.7. The normalized spacial score (nSPS) is 10.7. The van der Waals surface area contributed by atoms with Gasteiger partial charge in [0.05, 0.1) is 17.6 Å². The number of para-hydroxylation sites is 2. The molecule has 0 heterocycles. The van der Waals surface area contributed by atoms with Crippen molar-refractivity contribution in [3.05, 3.63) is 118 Å². The molecule has 32 heavy (non-hydrogen) atoms. The molecular weight excluding hydrogens is 406 g/mol. The third-order valence-corrected chi connectivity index (χ3v) is 4.82. The fourth-order valence-electron chi connectivity index (χ4n) is 3.24. The number of benzene rings is 3. The molecule has 0 aliphatic rings. The lowest BCUT2D eigenvalue weighted by Crippen LogP contribution is -2.02. The second-order valence-electron chi connectivity index (χ2n) is 6.93. The standard InChI is InChI=1S/C26H23NO5/c1-3-8-20-9-4-7-12-26(20)32-18-21-17-19(14-16-25(21)31-2)13-15-24(28)22-10-5-6-11-23(22)27(29)30/h3-7,9-17H,1,8,18H2,2H3/b15-13+. The molecule has 0 bridgehead atoms. The molecule has 6 heteroatoms. The first kappa shape index (κ1) is 22.5. The van der Waals surface area contributed by atoms with Crippen molar-refractivity contribution < 1.29 is 19.2 Å². The number of carbonyl (C=O) groups excluding carboxylic acids is 1. The smallest absolute Gasteiger partial charge is 0.280 e. The Morgan fingerprint density at radius 3 is 2.53 bits per heavy atom. The molecule has 6 nitrogen and oxygen atoms in total. The summed E-state index contributed by atoms with van der Waals surface area (Å²) in [4.78, 5) is 23.1. The number of carbonyl (C=O) groups is 1. The van der Waals surface area contributed by atoms with E-state index < -0.39 is 10.7 Å². The number of ether oxygens (including phenoxy) is 2. The van der Waals surface area contributed by atoms with E-state index in [1.54, 1.807) is 31.4 Å². The van der Waals surface area contributed by atoms with E-state index in [4.69, 9.17) is 9.47 Å². The highest BCUT2D eigenvalue weighted by Crippen LogP contribution is 2.25. The van der Waals surface area contributed by atoms with Crippen molar-refractivity contribution in [2.75, 3.05) is 7.11 Å². The molecule has 0 aliphatic carbocycles. The van der Waals surface area contributed by atoms with Crippen LogP contribution < -0.4 is 9.47 Å². The minimum Gasteiger partial charge on any atom is -0.496 e. The molecule has 0 atom stereocenters. The molecule has 0 saturated carbocycles. The van der Waals surface area contributed by atoms with Crippen LogP contribution in [-0.4, -0.2) is 17.8 Å². The number of hydrogen-bond donors (Lipinski definition) is 0. The molecule has 162 valence electrons. The van der Waals surface area contributed by atoms with Gasteiger partial charge in [0, 0.05) is 11.6 Å². The van der Waals surface area contributed by atoms with Crippen molar-refractivity contribution in [1.29, 1.82) is 0 Å². The predicted molar refractivity (Wildman–Crippen MR) is 124 cm³/mol. The summed E-state index contributed by atoms with van der Waals surface area (Å²) >= 11 is 0. The maximum atomic E-state index is 12.5. The topological polar surface area (TPSA) is 78.7 Å². The van der Waals surface area contributed by atoms with Gasteiger partial charge in [-0.1, -0.05) is 48.6 Å². The van der Waals surface area contributed by atoms with Crippen LogP contribution in [0.1, 0.15) is 27.0 Å². The average molecular weight is 429 g/mol. The highest BCUT2D eigenvalue weighted by atomic mass is 16.6. The largest absolute Gasteiger partial charge is 0.496 e. The minimum absolute atomic E-state index is 0.0460. The Morgan fingerprint density at radius 2 is 1.78 bits per heavy atom. The van der Waals surface area contributed by atoms with Crippen LogP contribution in [0.3, 0.4) is 0 Å². The number of hydrogen-bond acceptors (Lipinski definition) is 5. The zero-order chi connectivity index (χ0) is 22.9. The van der Waals surface area contributed by atoms with Gasteiger partial charge in [-0.2, -0.15) is 0 Å². The van der Waals surface area contributed by atoms with Crippen LogP contribution >= 0.6 is 0 Å². The summed E-state index contributed by atoms with van der Waals surface area (Å²) < 4.78 is 11.5. The number of nitrogens with zero attached hydrogens (tertiary/aromatic N) is 1. The van der Waals surface area contributed by atoms with Crippen LogP contribution in [-0.2, 0) is 13.0 Å². The van der Waals surface area contributed by atoms with Gasteiger partial charge in [0.2, 0.25) is 0 Å². The quantitative estimate of drug-likeness (QED) is 0.134. The van der Waals surface area contributed by atoms with Gasteiger partial charge in [-0.25, -0.2) is 0 Å². The van der Waals surface area contributed by atoms with Gasteiger partial charge in [-0.15, -0.1) is 6.58 Å². The van der Waals surface area contributed by atoms with Crippen molar-refractivity contribution in [2.45, 2.75) is 13.0 Å². The van der Waals surface area contributed by atoms with E-state index in [9.17, 15) is 14.9 Å². The molecule has 0 unspecified atom stereocenters. The highest BCUT2D eigenvalue weighted by Gasteiger charge is 2.17. The Balaban J connectivity index is 1.80. The van der Waals surface area contributed by atoms with Crippen molar-refractivity contribution in [2.24, 2.45) is 0 Å². The summed E-state index contributed by atoms with van der Waals surface area (Å²) in [5.74, 6) is 0.986. The number of nitro groups is 1. The number of allylic oxidation sites excluding steroid dienone is 2. The maximum Gasteiger partial charge on any atom is 0.280 e. The first-order valence-corrected chi connectivity index (χ1v) is 9.98. The Kier molecular flexibility index (Phi) is 7.54. The van der Waals surface area contributed by atoms with Crippen molar-refractivity contribution in [3.63, 3.8) is 0 Å². The second-order valence-corrected chi connectivity index (χ2v) is 6.93. The molecule has 3 aromatic carbocycles. The van der Waals surface area contributed by atoms with E-state index in [2.05, 4.69) is 6.58 Å². The Labute approximate surface area is 186 Å². The molecule has 0 spiro atoms. The summed E-state index contributed by atoms with van der Waals surface area (Å²) in [6, 6.07) is 19.1. The monoisotopic (exact) mass is 429 g/mol. The van der Waals surface area contributed by atoms with Gasteiger partial charge >= 0.3 is 0 Å². The third kappa shape index (κ3) is 5.49. The van der Waals surface area contributed by atoms with Gasteiger partial charge in [0.15, 0.2) is 5.78 Å². The Morgan fingerprint density at radius 1 is 1.03 bits per heavy atom. The molecule has 0 aromatic heterocycles. The van der Waals surface area contributed by atoms with Gasteiger partial charge in [-0.05, 0) is 47.9 Å². The molecule has 0 amide bonds. The van der Waals surface area contributed by atoms with E-state index >= 15 is 0 Å². The fraction of sp³-hybridized carbons (Fsp3) is 0.115. The third-order valence-electron chi connectivity index (χ3n) is 4.82. The van der Waals surface area contributed by atoms with E-state index in [-0.39, 0.29) is 17.9 Å². The summed E-state index contributed by atoms with van der Waals surface area (Å²) in [6.45, 7) is 4.05. The lowest BCUT2D eigenvalue weighted by Gasteiger charge is -2.13. The highest BCUT2D eigenvalue weighted by molar-refractivity contribution is 6.09. The van der Waals surface area contributed by atoms with Crippen LogP contribution in [0.15, 0.2) is 85.5 Å². The average Bonchev–Trinajstić information content (AvgIpc) is 2.82. The lowest BCUT2D eigenvalue weighted by atomic mass is 10.1. The van der Waals surface area contributed by atoms with Gasteiger partial charge in [0.25, 0.3) is 5.69 Å². The Hall–Kier alpha value is -4.19. The van der Waals surface area contributed by atoms with Crippen LogP contribution in [0.5, 0.6) is 11.5 Å². The Bertz CT molecular complexity index is 1170. The molecular formula is C26H23NO5. The summed E-state index contributed by atoms with van der Waals surface area (Å²) in [5.41, 5.74) is 2.42. The summed E-state index contributed by atoms with van der Waals surface area (Å²) in [7, 11) is 1.58. The number of methoxy groups -OCH3 is 1. The number of ketones is 1. The van der Waals surface area contributed by atoms with E-state index in [1.807, 2.05) is 36.4 Å². The van der Waals surface area contributed by atoms with Crippen LogP contribution in [0, 0.1) is 10.1 Å². The molecule has 3 rings (SSSR count). The summed E-state index contributed by atoms with van der Waals surface area (Å²) in [5, 5.41) is 11.2. The van der Waals surface area contributed by atoms with Crippen molar-refractivity contribution in [1.82, 2.24) is 0 Å². The SMILES string of the molecule is C=CCc1ccccc1OCc1cc(/C=C/C(=O)c2ccccc2[N+](=O)[O-])ccc1OC.